The lowest BCUT2D eigenvalue weighted by molar-refractivity contribution is -0.386. The average Bonchev–Trinajstić information content (AvgIpc) is 3.73. The number of hydrogen-bond donors (Lipinski definition) is 2. The maximum atomic E-state index is 15.9. The lowest BCUT2D eigenvalue weighted by Crippen LogP contribution is -2.56. The normalized spacial score (nSPS) is 22.7. The second kappa shape index (κ2) is 21.5. The molecule has 2 N–H and O–H groups in total. The summed E-state index contributed by atoms with van der Waals surface area (Å²) in [6.07, 6.45) is 5.21. The number of aromatic amines is 1. The first-order valence-corrected chi connectivity index (χ1v) is 28.1. The molecule has 18 nitrogen and oxygen atoms in total. The van der Waals surface area contributed by atoms with E-state index in [-0.39, 0.29) is 47.8 Å². The summed E-state index contributed by atoms with van der Waals surface area (Å²) in [5.74, 6) is -0.885. The predicted octanol–water partition coefficient (Wildman–Crippen LogP) is 8.32. The Morgan fingerprint density at radius 2 is 1.72 bits per heavy atom. The summed E-state index contributed by atoms with van der Waals surface area (Å²) in [5, 5.41) is 13.9. The van der Waals surface area contributed by atoms with Crippen molar-refractivity contribution in [3.05, 3.63) is 111 Å². The minimum Gasteiger partial charge on any atom is -0.483 e. The number of nitrogens with one attached hydrogen (secondary N) is 2. The van der Waals surface area contributed by atoms with E-state index in [2.05, 4.69) is 50.4 Å². The summed E-state index contributed by atoms with van der Waals surface area (Å²) in [5.41, 5.74) is 3.85. The summed E-state index contributed by atoms with van der Waals surface area (Å²) in [4.78, 5) is 42.5. The van der Waals surface area contributed by atoms with Gasteiger partial charge in [-0.05, 0) is 115 Å². The molecule has 7 heterocycles. The first kappa shape index (κ1) is 52.2. The van der Waals surface area contributed by atoms with Crippen LogP contribution in [-0.2, 0) is 24.2 Å². The number of rotatable bonds is 11. The van der Waals surface area contributed by atoms with Crippen LogP contribution in [0, 0.1) is 15.5 Å². The molecular formula is C55H64ClFN8O10S. The van der Waals surface area contributed by atoms with Gasteiger partial charge < -0.3 is 38.5 Å². The van der Waals surface area contributed by atoms with Crippen molar-refractivity contribution in [1.29, 1.82) is 0 Å². The molecule has 11 rings (SSSR count). The summed E-state index contributed by atoms with van der Waals surface area (Å²) >= 11 is 6.38. The largest absolute Gasteiger partial charge is 0.483 e. The Morgan fingerprint density at radius 3 is 2.50 bits per heavy atom. The second-order valence-corrected chi connectivity index (χ2v) is 23.8. The third-order valence-corrected chi connectivity index (χ3v) is 17.4. The minimum atomic E-state index is -4.73. The number of carbonyl (C=O) groups is 1. The number of allylic oxidation sites excluding steroid dienone is 1. The molecule has 1 amide bonds. The van der Waals surface area contributed by atoms with E-state index in [1.54, 1.807) is 12.3 Å². The lowest BCUT2D eigenvalue weighted by atomic mass is 9.71. The van der Waals surface area contributed by atoms with E-state index in [0.29, 0.717) is 120 Å². The molecule has 0 radical (unpaired) electrons. The Labute approximate surface area is 446 Å². The number of pyridine rings is 1. The van der Waals surface area contributed by atoms with Crippen LogP contribution in [-0.4, -0.2) is 155 Å². The van der Waals surface area contributed by atoms with Crippen molar-refractivity contribution in [3.8, 4) is 11.6 Å². The Hall–Kier alpha value is -5.87. The van der Waals surface area contributed by atoms with Gasteiger partial charge >= 0.3 is 5.69 Å². The van der Waals surface area contributed by atoms with Crippen molar-refractivity contribution in [2.45, 2.75) is 81.1 Å². The van der Waals surface area contributed by atoms with Gasteiger partial charge in [-0.15, -0.1) is 0 Å². The van der Waals surface area contributed by atoms with Crippen LogP contribution in [0.1, 0.15) is 68.3 Å². The molecule has 0 spiro atoms. The van der Waals surface area contributed by atoms with Gasteiger partial charge in [0, 0.05) is 87.4 Å². The van der Waals surface area contributed by atoms with Crippen molar-refractivity contribution in [2.75, 3.05) is 102 Å². The van der Waals surface area contributed by atoms with E-state index in [4.69, 9.17) is 40.3 Å². The van der Waals surface area contributed by atoms with E-state index in [9.17, 15) is 23.3 Å². The van der Waals surface area contributed by atoms with Crippen molar-refractivity contribution in [2.24, 2.45) is 5.41 Å². The van der Waals surface area contributed by atoms with Crippen LogP contribution in [0.25, 0.3) is 16.6 Å². The van der Waals surface area contributed by atoms with Crippen LogP contribution in [0.4, 0.5) is 27.1 Å². The van der Waals surface area contributed by atoms with Crippen LogP contribution in [0.3, 0.4) is 0 Å². The molecule has 4 saturated heterocycles. The number of nitro benzene ring substituents is 1. The number of alkyl halides is 1. The molecule has 21 heteroatoms. The van der Waals surface area contributed by atoms with Gasteiger partial charge in [0.05, 0.1) is 65.7 Å². The number of fused-ring (bicyclic) bond motifs is 4. The van der Waals surface area contributed by atoms with Gasteiger partial charge in [-0.25, -0.2) is 17.5 Å². The number of likely N-dealkylation sites (tertiary alicyclic amines) is 1. The maximum absolute atomic E-state index is 15.9. The molecule has 404 valence electrons. The number of hydrogen-bond acceptors (Lipinski definition) is 15. The van der Waals surface area contributed by atoms with Gasteiger partial charge in [-0.1, -0.05) is 37.6 Å². The highest BCUT2D eigenvalue weighted by molar-refractivity contribution is 7.90. The van der Waals surface area contributed by atoms with E-state index in [0.717, 1.165) is 54.1 Å². The van der Waals surface area contributed by atoms with Crippen LogP contribution in [0.15, 0.2) is 89.5 Å². The van der Waals surface area contributed by atoms with Crippen LogP contribution >= 0.6 is 11.6 Å². The zero-order chi connectivity index (χ0) is 52.8. The first-order valence-electron chi connectivity index (χ1n) is 26.3. The molecule has 0 unspecified atom stereocenters. The van der Waals surface area contributed by atoms with Crippen LogP contribution < -0.4 is 24.0 Å². The second-order valence-electron chi connectivity index (χ2n) is 21.7. The predicted molar refractivity (Wildman–Crippen MR) is 286 cm³/mol. The molecule has 0 bridgehead atoms. The number of carbonyl (C=O) groups excluding carboxylic acids is 1. The van der Waals surface area contributed by atoms with E-state index < -0.39 is 43.7 Å². The van der Waals surface area contributed by atoms with E-state index in [1.165, 1.54) is 11.1 Å². The van der Waals surface area contributed by atoms with Gasteiger partial charge in [-0.3, -0.25) is 24.7 Å². The Morgan fingerprint density at radius 1 is 0.921 bits per heavy atom. The maximum Gasteiger partial charge on any atom is 0.312 e. The number of nitrogens with zero attached hydrogens (tertiary/aromatic N) is 6. The summed E-state index contributed by atoms with van der Waals surface area (Å²) in [6, 6.07) is 20.6. The molecule has 2 aromatic heterocycles. The number of ether oxygens (including phenoxy) is 5. The third-order valence-electron chi connectivity index (χ3n) is 15.8. The van der Waals surface area contributed by atoms with Gasteiger partial charge in [-0.2, -0.15) is 4.98 Å². The highest BCUT2D eigenvalue weighted by atomic mass is 35.5. The monoisotopic (exact) mass is 1080 g/mol. The fourth-order valence-electron chi connectivity index (χ4n) is 11.5. The SMILES string of the molecule is CC1(C)CC(c2ccc(Cl)cc2)=C2CN3CCN(c4ccc(C(=O)NS(=O)(=O)c5ccc(OCC6(F)CCN(C7COC7)CC6)c([N+](=O)[O-])c5)c(N5CCCOc6nc7[nH]ccc7cc65)c4)C[C@H]3COCCCO[C@@H]2C1. The third kappa shape index (κ3) is 11.1. The Kier molecular flexibility index (Phi) is 14.8. The fourth-order valence-corrected chi connectivity index (χ4v) is 12.6. The van der Waals surface area contributed by atoms with Gasteiger partial charge in [0.15, 0.2) is 5.75 Å². The van der Waals surface area contributed by atoms with E-state index >= 15 is 4.39 Å². The van der Waals surface area contributed by atoms with E-state index in [1.807, 2.05) is 41.3 Å². The number of anilines is 3. The molecule has 1 aliphatic carbocycles. The zero-order valence-electron chi connectivity index (χ0n) is 42.8. The molecular weight excluding hydrogens is 1020 g/mol. The Bertz CT molecular complexity index is 3130. The molecule has 2 atom stereocenters. The van der Waals surface area contributed by atoms with Crippen LogP contribution in [0.2, 0.25) is 5.02 Å². The average molecular weight is 1080 g/mol. The standard InChI is InChI=1S/C55H64ClFN8O10S/c1-54(2)28-44(36-5-7-38(56)8-6-36)45-31-63-21-20-62(30-40(63)32-71-22-4-24-73-50(45)29-54)39-9-11-43(46(26-39)64-17-3-23-74-53-48(64)25-37-13-16-58-51(37)59-53)52(66)60-76(69,70)42-10-12-49(47(27-42)65(67)68)75-35-55(57)14-18-61(19-15-55)41-33-72-34-41/h5-13,16,25-27,40-41,50H,3-4,14-15,17-24,28-35H2,1-2H3,(H,58,59)(H,60,66)/t40-,50+/m0/s1. The molecule has 6 aliphatic rings. The highest BCUT2D eigenvalue weighted by Crippen LogP contribution is 2.46. The number of aromatic nitrogens is 2. The topological polar surface area (TPSA) is 194 Å². The van der Waals surface area contributed by atoms with Crippen LogP contribution in [0.5, 0.6) is 11.6 Å². The van der Waals surface area contributed by atoms with Gasteiger partial charge in [0.2, 0.25) is 5.88 Å². The molecule has 3 aromatic carbocycles. The number of piperidine rings is 1. The number of amides is 1. The summed E-state index contributed by atoms with van der Waals surface area (Å²) in [6.45, 7) is 11.4. The van der Waals surface area contributed by atoms with Crippen molar-refractivity contribution >= 4 is 66.9 Å². The number of piperazine rings is 1. The first-order chi connectivity index (χ1) is 36.6. The number of benzene rings is 3. The highest BCUT2D eigenvalue weighted by Gasteiger charge is 2.41. The number of H-pyrrole nitrogens is 1. The summed E-state index contributed by atoms with van der Waals surface area (Å²) < 4.78 is 76.7. The number of nitro groups is 1. The van der Waals surface area contributed by atoms with Gasteiger partial charge in [0.25, 0.3) is 15.9 Å². The molecule has 0 saturated carbocycles. The summed E-state index contributed by atoms with van der Waals surface area (Å²) in [7, 11) is -4.73. The smallest absolute Gasteiger partial charge is 0.312 e. The molecule has 76 heavy (non-hydrogen) atoms. The number of halogens is 2. The lowest BCUT2D eigenvalue weighted by Gasteiger charge is -2.45. The quantitative estimate of drug-likeness (QED) is 0.0947. The minimum absolute atomic E-state index is 0.0129. The number of sulfonamides is 1. The van der Waals surface area contributed by atoms with Gasteiger partial charge in [0.1, 0.15) is 23.6 Å². The molecule has 5 aromatic rings. The fraction of sp³-hybridized carbons (Fsp3) is 0.491. The van der Waals surface area contributed by atoms with Crippen molar-refractivity contribution in [3.63, 3.8) is 0 Å². The zero-order valence-corrected chi connectivity index (χ0v) is 44.4. The molecule has 4 fully saturated rings. The Balaban J connectivity index is 0.881. The van der Waals surface area contributed by atoms with Crippen molar-refractivity contribution < 1.29 is 46.2 Å². The molecule has 5 aliphatic heterocycles. The van der Waals surface area contributed by atoms with Crippen molar-refractivity contribution in [1.82, 2.24) is 24.5 Å².